The van der Waals surface area contributed by atoms with Gasteiger partial charge < -0.3 is 5.32 Å². The van der Waals surface area contributed by atoms with E-state index in [9.17, 15) is 0 Å². The van der Waals surface area contributed by atoms with E-state index in [1.165, 1.54) is 19.3 Å². The van der Waals surface area contributed by atoms with E-state index in [2.05, 4.69) is 34.4 Å². The van der Waals surface area contributed by atoms with Gasteiger partial charge in [0, 0.05) is 11.0 Å². The molecule has 0 saturated carbocycles. The topological polar surface area (TPSA) is 12.0 Å². The summed E-state index contributed by atoms with van der Waals surface area (Å²) in [7, 11) is 0. The van der Waals surface area contributed by atoms with Crippen molar-refractivity contribution in [3.63, 3.8) is 0 Å². The fourth-order valence-corrected chi connectivity index (χ4v) is 1.14. The first-order chi connectivity index (χ1) is 5.77. The van der Waals surface area contributed by atoms with Gasteiger partial charge in [-0.25, -0.2) is 0 Å². The maximum absolute atomic E-state index is 3.74. The monoisotopic (exact) mass is 231 g/mol. The molecule has 2 heteroatoms. The number of rotatable bonds is 8. The summed E-state index contributed by atoms with van der Waals surface area (Å²) >= 11 is 3.30. The number of unbranched alkanes of at least 4 members (excludes halogenated alkanes) is 3. The fraction of sp³-hybridized carbons (Fsp3) is 0.600. The largest absolute Gasteiger partial charge is 0.312 e. The molecule has 0 amide bonds. The number of halogens is 1. The molecular weight excluding hydrogens is 214 g/mol. The average molecular weight is 232 g/mol. The van der Waals surface area contributed by atoms with Gasteiger partial charge in [-0.05, 0) is 25.8 Å². The third kappa shape index (κ3) is 9.92. The molecule has 70 valence electrons. The SMILES string of the molecule is C=CCCCCCNCC(=C)Br. The quantitative estimate of drug-likeness (QED) is 0.500. The van der Waals surface area contributed by atoms with E-state index in [0.717, 1.165) is 24.0 Å². The molecule has 0 heterocycles. The Morgan fingerprint density at radius 2 is 2.08 bits per heavy atom. The molecule has 0 radical (unpaired) electrons. The first-order valence-electron chi connectivity index (χ1n) is 4.42. The molecule has 0 spiro atoms. The molecule has 0 aromatic rings. The molecule has 0 rings (SSSR count). The molecule has 0 fully saturated rings. The maximum atomic E-state index is 3.74. The highest BCUT2D eigenvalue weighted by Gasteiger charge is 1.89. The second kappa shape index (κ2) is 9.01. The minimum absolute atomic E-state index is 0.876. The van der Waals surface area contributed by atoms with Crippen LogP contribution in [-0.4, -0.2) is 13.1 Å². The minimum Gasteiger partial charge on any atom is -0.312 e. The molecular formula is C10H18BrN. The zero-order valence-corrected chi connectivity index (χ0v) is 9.20. The standard InChI is InChI=1S/C10H18BrN/c1-3-4-5-6-7-8-12-9-10(2)11/h3,12H,1-2,4-9H2. The summed E-state index contributed by atoms with van der Waals surface area (Å²) in [6.45, 7) is 9.39. The van der Waals surface area contributed by atoms with Crippen molar-refractivity contribution in [2.75, 3.05) is 13.1 Å². The van der Waals surface area contributed by atoms with Crippen LogP contribution < -0.4 is 5.32 Å². The van der Waals surface area contributed by atoms with E-state index >= 15 is 0 Å². The third-order valence-electron chi connectivity index (χ3n) is 1.58. The highest BCUT2D eigenvalue weighted by molar-refractivity contribution is 9.11. The van der Waals surface area contributed by atoms with Crippen LogP contribution in [0.15, 0.2) is 23.7 Å². The lowest BCUT2D eigenvalue weighted by Crippen LogP contribution is -2.16. The second-order valence-corrected chi connectivity index (χ2v) is 3.95. The van der Waals surface area contributed by atoms with E-state index in [1.807, 2.05) is 6.08 Å². The normalized spacial score (nSPS) is 9.75. The van der Waals surface area contributed by atoms with Gasteiger partial charge in [-0.2, -0.15) is 0 Å². The van der Waals surface area contributed by atoms with Gasteiger partial charge in [0.2, 0.25) is 0 Å². The Kier molecular flexibility index (Phi) is 8.95. The molecule has 0 aromatic carbocycles. The van der Waals surface area contributed by atoms with E-state index in [-0.39, 0.29) is 0 Å². The van der Waals surface area contributed by atoms with Crippen molar-refractivity contribution < 1.29 is 0 Å². The van der Waals surface area contributed by atoms with Crippen molar-refractivity contribution >= 4 is 15.9 Å². The van der Waals surface area contributed by atoms with Gasteiger partial charge in [0.05, 0.1) is 0 Å². The summed E-state index contributed by atoms with van der Waals surface area (Å²) in [6.07, 6.45) is 6.92. The molecule has 0 aromatic heterocycles. The van der Waals surface area contributed by atoms with Gasteiger partial charge in [-0.1, -0.05) is 35.0 Å². The summed E-state index contributed by atoms with van der Waals surface area (Å²) in [6, 6.07) is 0. The van der Waals surface area contributed by atoms with Crippen molar-refractivity contribution in [1.82, 2.24) is 5.32 Å². The Bertz CT molecular complexity index is 132. The van der Waals surface area contributed by atoms with Gasteiger partial charge in [-0.3, -0.25) is 0 Å². The van der Waals surface area contributed by atoms with Gasteiger partial charge in [0.15, 0.2) is 0 Å². The molecule has 0 saturated heterocycles. The number of allylic oxidation sites excluding steroid dienone is 1. The maximum Gasteiger partial charge on any atom is 0.0265 e. The Hall–Kier alpha value is -0.0800. The summed E-state index contributed by atoms with van der Waals surface area (Å²) in [5, 5.41) is 3.29. The van der Waals surface area contributed by atoms with Crippen LogP contribution in [0.25, 0.3) is 0 Å². The van der Waals surface area contributed by atoms with Crippen LogP contribution in [-0.2, 0) is 0 Å². The molecule has 12 heavy (non-hydrogen) atoms. The first kappa shape index (κ1) is 11.9. The molecule has 1 N–H and O–H groups in total. The molecule has 0 unspecified atom stereocenters. The Balaban J connectivity index is 2.90. The number of nitrogens with one attached hydrogen (secondary N) is 1. The van der Waals surface area contributed by atoms with E-state index in [4.69, 9.17) is 0 Å². The molecule has 0 aliphatic rings. The lowest BCUT2D eigenvalue weighted by Gasteiger charge is -2.02. The Morgan fingerprint density at radius 3 is 2.67 bits per heavy atom. The van der Waals surface area contributed by atoms with Crippen molar-refractivity contribution in [2.45, 2.75) is 25.7 Å². The zero-order chi connectivity index (χ0) is 9.23. The van der Waals surface area contributed by atoms with Gasteiger partial charge in [0.25, 0.3) is 0 Å². The van der Waals surface area contributed by atoms with Crippen molar-refractivity contribution in [3.05, 3.63) is 23.7 Å². The van der Waals surface area contributed by atoms with Crippen LogP contribution in [0.1, 0.15) is 25.7 Å². The van der Waals surface area contributed by atoms with Crippen LogP contribution in [0.3, 0.4) is 0 Å². The second-order valence-electron chi connectivity index (χ2n) is 2.83. The van der Waals surface area contributed by atoms with Gasteiger partial charge in [-0.15, -0.1) is 6.58 Å². The van der Waals surface area contributed by atoms with E-state index in [0.29, 0.717) is 0 Å². The molecule has 0 bridgehead atoms. The van der Waals surface area contributed by atoms with Crippen LogP contribution in [0.4, 0.5) is 0 Å². The zero-order valence-electron chi connectivity index (χ0n) is 7.61. The average Bonchev–Trinajstić information content (AvgIpc) is 2.02. The number of hydrogen-bond acceptors (Lipinski definition) is 1. The lowest BCUT2D eigenvalue weighted by atomic mass is 10.2. The van der Waals surface area contributed by atoms with Crippen LogP contribution in [0.5, 0.6) is 0 Å². The van der Waals surface area contributed by atoms with Crippen molar-refractivity contribution in [1.29, 1.82) is 0 Å². The highest BCUT2D eigenvalue weighted by Crippen LogP contribution is 2.00. The van der Waals surface area contributed by atoms with Crippen molar-refractivity contribution in [3.8, 4) is 0 Å². The Morgan fingerprint density at radius 1 is 1.33 bits per heavy atom. The molecule has 0 aliphatic carbocycles. The van der Waals surface area contributed by atoms with Crippen LogP contribution in [0.2, 0.25) is 0 Å². The smallest absolute Gasteiger partial charge is 0.0265 e. The number of hydrogen-bond donors (Lipinski definition) is 1. The van der Waals surface area contributed by atoms with Crippen molar-refractivity contribution in [2.24, 2.45) is 0 Å². The fourth-order valence-electron chi connectivity index (χ4n) is 0.939. The van der Waals surface area contributed by atoms with E-state index in [1.54, 1.807) is 0 Å². The first-order valence-corrected chi connectivity index (χ1v) is 5.21. The summed E-state index contributed by atoms with van der Waals surface area (Å²) in [4.78, 5) is 0. The summed E-state index contributed by atoms with van der Waals surface area (Å²) < 4.78 is 1.02. The summed E-state index contributed by atoms with van der Waals surface area (Å²) in [5.74, 6) is 0. The summed E-state index contributed by atoms with van der Waals surface area (Å²) in [5.41, 5.74) is 0. The van der Waals surface area contributed by atoms with Gasteiger partial charge in [0.1, 0.15) is 0 Å². The minimum atomic E-state index is 0.876. The van der Waals surface area contributed by atoms with E-state index < -0.39 is 0 Å². The predicted octanol–water partition coefficient (Wildman–Crippen LogP) is 3.23. The molecule has 0 atom stereocenters. The predicted molar refractivity (Wildman–Crippen MR) is 59.6 cm³/mol. The highest BCUT2D eigenvalue weighted by atomic mass is 79.9. The Labute approximate surface area is 84.1 Å². The molecule has 0 aliphatic heterocycles. The third-order valence-corrected chi connectivity index (χ3v) is 1.86. The molecule has 1 nitrogen and oxygen atoms in total. The van der Waals surface area contributed by atoms with Gasteiger partial charge >= 0.3 is 0 Å². The lowest BCUT2D eigenvalue weighted by molar-refractivity contribution is 0.631. The van der Waals surface area contributed by atoms with Crippen LogP contribution >= 0.6 is 15.9 Å². The van der Waals surface area contributed by atoms with Crippen LogP contribution in [0, 0.1) is 0 Å².